The molecule has 0 amide bonds. The van der Waals surface area contributed by atoms with E-state index in [4.69, 9.17) is 19.2 Å². The zero-order valence-corrected chi connectivity index (χ0v) is 14.4. The Bertz CT molecular complexity index is 1030. The summed E-state index contributed by atoms with van der Waals surface area (Å²) in [6, 6.07) is 17.1. The molecule has 5 heteroatoms. The van der Waals surface area contributed by atoms with Gasteiger partial charge >= 0.3 is 5.97 Å². The summed E-state index contributed by atoms with van der Waals surface area (Å²) in [5.41, 5.74) is 3.63. The number of pyridine rings is 1. The Morgan fingerprint density at radius 2 is 1.88 bits per heavy atom. The van der Waals surface area contributed by atoms with Crippen LogP contribution >= 0.6 is 0 Å². The van der Waals surface area contributed by atoms with Crippen LogP contribution in [0.25, 0.3) is 22.7 Å². The van der Waals surface area contributed by atoms with Crippen molar-refractivity contribution in [3.8, 4) is 0 Å². The lowest BCUT2D eigenvalue weighted by Crippen LogP contribution is -2.03. The number of fused-ring (bicyclic) bond motifs is 2. The third-order valence-corrected chi connectivity index (χ3v) is 4.34. The van der Waals surface area contributed by atoms with E-state index in [1.54, 1.807) is 25.3 Å². The highest BCUT2D eigenvalue weighted by Gasteiger charge is 2.30. The van der Waals surface area contributed by atoms with Crippen LogP contribution in [-0.2, 0) is 14.2 Å². The lowest BCUT2D eigenvalue weighted by atomic mass is 10.0. The maximum absolute atomic E-state index is 12.0. The fourth-order valence-electron chi connectivity index (χ4n) is 3.08. The third-order valence-electron chi connectivity index (χ3n) is 4.34. The van der Waals surface area contributed by atoms with Gasteiger partial charge < -0.3 is 14.2 Å². The predicted octanol–water partition coefficient (Wildman–Crippen LogP) is 4.19. The molecule has 0 N–H and O–H groups in total. The molecule has 130 valence electrons. The fraction of sp³-hybridized carbons (Fsp3) is 0.143. The minimum Gasteiger partial charge on any atom is -0.465 e. The fourth-order valence-corrected chi connectivity index (χ4v) is 3.08. The maximum atomic E-state index is 12.0. The van der Waals surface area contributed by atoms with E-state index < -0.39 is 12.3 Å². The van der Waals surface area contributed by atoms with Gasteiger partial charge in [-0.15, -0.1) is 0 Å². The SMILES string of the molecule is COC(=O)c1ccccc1/C=C1\OC(OC)c2cc3ccccc3nc21. The molecule has 0 bridgehead atoms. The van der Waals surface area contributed by atoms with Gasteiger partial charge in [-0.05, 0) is 29.8 Å². The molecule has 2 heterocycles. The number of ether oxygens (including phenoxy) is 3. The number of benzene rings is 2. The second-order valence-corrected chi connectivity index (χ2v) is 5.89. The van der Waals surface area contributed by atoms with Crippen LogP contribution in [0.3, 0.4) is 0 Å². The number of nitrogens with zero attached hydrogens (tertiary/aromatic N) is 1. The van der Waals surface area contributed by atoms with Crippen LogP contribution in [0.2, 0.25) is 0 Å². The third kappa shape index (κ3) is 2.72. The van der Waals surface area contributed by atoms with Gasteiger partial charge in [0.1, 0.15) is 11.5 Å². The number of carbonyl (C=O) groups excluding carboxylic acids is 1. The van der Waals surface area contributed by atoms with Crippen molar-refractivity contribution in [3.05, 3.63) is 77.0 Å². The van der Waals surface area contributed by atoms with E-state index >= 15 is 0 Å². The highest BCUT2D eigenvalue weighted by atomic mass is 16.7. The summed E-state index contributed by atoms with van der Waals surface area (Å²) in [5, 5.41) is 1.02. The molecule has 2 aromatic carbocycles. The molecular formula is C21H17NO4. The van der Waals surface area contributed by atoms with Gasteiger partial charge in [-0.3, -0.25) is 0 Å². The zero-order chi connectivity index (χ0) is 18.1. The summed E-state index contributed by atoms with van der Waals surface area (Å²) < 4.78 is 16.3. The Morgan fingerprint density at radius 1 is 1.12 bits per heavy atom. The summed E-state index contributed by atoms with van der Waals surface area (Å²) in [7, 11) is 2.96. The van der Waals surface area contributed by atoms with Gasteiger partial charge in [-0.2, -0.15) is 0 Å². The second-order valence-electron chi connectivity index (χ2n) is 5.89. The van der Waals surface area contributed by atoms with Crippen molar-refractivity contribution in [2.24, 2.45) is 0 Å². The Kier molecular flexibility index (Phi) is 4.14. The monoisotopic (exact) mass is 347 g/mol. The lowest BCUT2D eigenvalue weighted by molar-refractivity contribution is -0.0643. The first-order valence-corrected chi connectivity index (χ1v) is 8.20. The number of methoxy groups -OCH3 is 2. The molecule has 1 aromatic heterocycles. The van der Waals surface area contributed by atoms with Crippen molar-refractivity contribution in [2.75, 3.05) is 14.2 Å². The summed E-state index contributed by atoms with van der Waals surface area (Å²) in [5.74, 6) is 0.166. The second kappa shape index (κ2) is 6.61. The number of esters is 1. The minimum absolute atomic E-state index is 0.398. The van der Waals surface area contributed by atoms with Crippen molar-refractivity contribution in [1.82, 2.24) is 4.98 Å². The normalized spacial score (nSPS) is 17.2. The van der Waals surface area contributed by atoms with Gasteiger partial charge in [0.2, 0.25) is 6.29 Å². The van der Waals surface area contributed by atoms with E-state index in [0.29, 0.717) is 16.9 Å². The molecule has 0 radical (unpaired) electrons. The number of carbonyl (C=O) groups is 1. The molecule has 5 nitrogen and oxygen atoms in total. The predicted molar refractivity (Wildman–Crippen MR) is 98.2 cm³/mol. The maximum Gasteiger partial charge on any atom is 0.338 e. The number of rotatable bonds is 3. The van der Waals surface area contributed by atoms with Gasteiger partial charge in [0, 0.05) is 12.5 Å². The molecule has 0 saturated heterocycles. The summed E-state index contributed by atoms with van der Waals surface area (Å²) >= 11 is 0. The molecular weight excluding hydrogens is 330 g/mol. The van der Waals surface area contributed by atoms with Crippen LogP contribution in [0, 0.1) is 0 Å². The smallest absolute Gasteiger partial charge is 0.338 e. The largest absolute Gasteiger partial charge is 0.465 e. The summed E-state index contributed by atoms with van der Waals surface area (Å²) in [4.78, 5) is 16.8. The Morgan fingerprint density at radius 3 is 2.69 bits per heavy atom. The molecule has 0 saturated carbocycles. The minimum atomic E-state index is -0.529. The van der Waals surface area contributed by atoms with E-state index in [1.807, 2.05) is 42.5 Å². The van der Waals surface area contributed by atoms with Crippen molar-refractivity contribution < 1.29 is 19.0 Å². The molecule has 26 heavy (non-hydrogen) atoms. The van der Waals surface area contributed by atoms with Gasteiger partial charge in [-0.1, -0.05) is 36.4 Å². The lowest BCUT2D eigenvalue weighted by Gasteiger charge is -2.09. The average Bonchev–Trinajstić information content (AvgIpc) is 3.02. The van der Waals surface area contributed by atoms with Gasteiger partial charge in [0.15, 0.2) is 0 Å². The molecule has 0 fully saturated rings. The highest BCUT2D eigenvalue weighted by molar-refractivity contribution is 5.96. The van der Waals surface area contributed by atoms with E-state index in [1.165, 1.54) is 7.11 Å². The van der Waals surface area contributed by atoms with Crippen LogP contribution in [0.4, 0.5) is 0 Å². The number of aromatic nitrogens is 1. The summed E-state index contributed by atoms with van der Waals surface area (Å²) in [6.45, 7) is 0. The van der Waals surface area contributed by atoms with Crippen LogP contribution in [0.5, 0.6) is 0 Å². The van der Waals surface area contributed by atoms with Gasteiger partial charge in [-0.25, -0.2) is 9.78 Å². The number of hydrogen-bond donors (Lipinski definition) is 0. The molecule has 0 aliphatic carbocycles. The Labute approximate surface area is 150 Å². The topological polar surface area (TPSA) is 57.7 Å². The number of hydrogen-bond acceptors (Lipinski definition) is 5. The molecule has 4 rings (SSSR count). The van der Waals surface area contributed by atoms with Crippen LogP contribution in [0.1, 0.15) is 33.5 Å². The Hall–Kier alpha value is -3.18. The van der Waals surface area contributed by atoms with Crippen molar-refractivity contribution in [3.63, 3.8) is 0 Å². The van der Waals surface area contributed by atoms with E-state index in [-0.39, 0.29) is 0 Å². The standard InChI is InChI=1S/C21H17NO4/c1-24-20(23)15-9-5-3-7-13(15)12-18-19-16(21(25-2)26-18)11-14-8-4-6-10-17(14)22-19/h3-12,21H,1-2H3/b18-12-. The van der Waals surface area contributed by atoms with E-state index in [0.717, 1.165) is 22.2 Å². The first kappa shape index (κ1) is 16.3. The Balaban J connectivity index is 1.87. The van der Waals surface area contributed by atoms with Crippen molar-refractivity contribution >= 4 is 28.7 Å². The quantitative estimate of drug-likeness (QED) is 0.665. The van der Waals surface area contributed by atoms with Gasteiger partial charge in [0.05, 0.1) is 23.8 Å². The van der Waals surface area contributed by atoms with Gasteiger partial charge in [0.25, 0.3) is 0 Å². The average molecular weight is 347 g/mol. The first-order valence-electron chi connectivity index (χ1n) is 8.20. The molecule has 0 spiro atoms. The first-order chi connectivity index (χ1) is 12.7. The molecule has 3 aromatic rings. The van der Waals surface area contributed by atoms with Crippen molar-refractivity contribution in [2.45, 2.75) is 6.29 Å². The molecule has 1 atom stereocenters. The molecule has 1 aliphatic rings. The van der Waals surface area contributed by atoms with Crippen molar-refractivity contribution in [1.29, 1.82) is 0 Å². The highest BCUT2D eigenvalue weighted by Crippen LogP contribution is 2.40. The summed E-state index contributed by atoms with van der Waals surface area (Å²) in [6.07, 6.45) is 1.27. The van der Waals surface area contributed by atoms with Crippen LogP contribution in [0.15, 0.2) is 54.6 Å². The van der Waals surface area contributed by atoms with Crippen LogP contribution in [-0.4, -0.2) is 25.2 Å². The number of para-hydroxylation sites is 1. The molecule has 1 aliphatic heterocycles. The van der Waals surface area contributed by atoms with E-state index in [2.05, 4.69) is 0 Å². The van der Waals surface area contributed by atoms with Crippen LogP contribution < -0.4 is 0 Å². The van der Waals surface area contributed by atoms with E-state index in [9.17, 15) is 4.79 Å². The molecule has 1 unspecified atom stereocenters. The zero-order valence-electron chi connectivity index (χ0n) is 14.4.